The van der Waals surface area contributed by atoms with Gasteiger partial charge in [0.2, 0.25) is 0 Å². The average molecular weight is 388 g/mol. The van der Waals surface area contributed by atoms with Crippen LogP contribution in [-0.2, 0) is 14.6 Å². The molecule has 0 aliphatic rings. The highest BCUT2D eigenvalue weighted by atomic mass is 35.5. The van der Waals surface area contributed by atoms with Gasteiger partial charge in [0.15, 0.2) is 0 Å². The molecule has 0 spiro atoms. The number of halogens is 1. The van der Waals surface area contributed by atoms with Gasteiger partial charge in [0, 0.05) is 6.42 Å². The lowest BCUT2D eigenvalue weighted by Gasteiger charge is -2.29. The van der Waals surface area contributed by atoms with Gasteiger partial charge in [-0.25, -0.2) is 4.18 Å². The second kappa shape index (κ2) is 15.4. The maximum Gasteiger partial charge on any atom is 0.397 e. The summed E-state index contributed by atoms with van der Waals surface area (Å²) in [7, 11) is 0.0216. The molecule has 0 saturated carbocycles. The third-order valence-corrected chi connectivity index (χ3v) is 4.72. The second-order valence-electron chi connectivity index (χ2n) is 7.17. The van der Waals surface area contributed by atoms with Gasteiger partial charge in [-0.2, -0.15) is 8.42 Å². The fraction of sp³-hybridized carbons (Fsp3) is 1.00. The maximum absolute atomic E-state index is 10.5. The van der Waals surface area contributed by atoms with E-state index in [1.54, 1.807) is 0 Å². The summed E-state index contributed by atoms with van der Waals surface area (Å²) in [6, 6.07) is 0. The lowest BCUT2D eigenvalue weighted by atomic mass is 10.1. The number of nitrogens with zero attached hydrogens (tertiary/aromatic N) is 1. The van der Waals surface area contributed by atoms with E-state index in [-0.39, 0.29) is 19.0 Å². The van der Waals surface area contributed by atoms with Crippen molar-refractivity contribution in [2.24, 2.45) is 0 Å². The number of hydrogen-bond donors (Lipinski definition) is 1. The smallest absolute Gasteiger partial charge is 0.397 e. The predicted octanol–water partition coefficient (Wildman–Crippen LogP) is 1.20. The molecule has 0 radical (unpaired) electrons. The summed E-state index contributed by atoms with van der Waals surface area (Å²) >= 11 is 0. The fourth-order valence-corrected chi connectivity index (χ4v) is 3.12. The van der Waals surface area contributed by atoms with E-state index in [9.17, 15) is 8.42 Å². The molecule has 0 heterocycles. The molecular weight excluding hydrogens is 350 g/mol. The van der Waals surface area contributed by atoms with Gasteiger partial charge in [-0.1, -0.05) is 58.3 Å². The molecular formula is C17H38ClNO4S. The molecule has 5 nitrogen and oxygen atoms in total. The minimum atomic E-state index is -4.29. The van der Waals surface area contributed by atoms with Crippen LogP contribution in [0.5, 0.6) is 0 Å². The van der Waals surface area contributed by atoms with Crippen LogP contribution in [0.15, 0.2) is 0 Å². The van der Waals surface area contributed by atoms with E-state index < -0.39 is 10.4 Å². The molecule has 148 valence electrons. The molecule has 24 heavy (non-hydrogen) atoms. The molecule has 0 rings (SSSR count). The summed E-state index contributed by atoms with van der Waals surface area (Å²) in [6.07, 6.45) is 14.0. The zero-order valence-corrected chi connectivity index (χ0v) is 17.4. The van der Waals surface area contributed by atoms with Crippen molar-refractivity contribution in [1.82, 2.24) is 0 Å². The van der Waals surface area contributed by atoms with E-state index in [2.05, 4.69) is 25.2 Å². The Kier molecular flexibility index (Phi) is 16.9. The SMILES string of the molecule is CCCCCCCCCCCC[N+](C)(C)CCCOS(=O)(=O)O.[Cl-]. The van der Waals surface area contributed by atoms with Gasteiger partial charge in [0.25, 0.3) is 0 Å². The van der Waals surface area contributed by atoms with Gasteiger partial charge >= 0.3 is 10.4 Å². The Hall–Kier alpha value is 0.120. The lowest BCUT2D eigenvalue weighted by molar-refractivity contribution is -0.890. The van der Waals surface area contributed by atoms with Crippen LogP contribution >= 0.6 is 0 Å². The maximum atomic E-state index is 10.5. The molecule has 0 amide bonds. The summed E-state index contributed by atoms with van der Waals surface area (Å²) in [5.41, 5.74) is 0. The largest absolute Gasteiger partial charge is 1.00 e. The van der Waals surface area contributed by atoms with Gasteiger partial charge in [-0.05, 0) is 12.8 Å². The highest BCUT2D eigenvalue weighted by Crippen LogP contribution is 2.12. The summed E-state index contributed by atoms with van der Waals surface area (Å²) in [4.78, 5) is 0. The van der Waals surface area contributed by atoms with Crippen molar-refractivity contribution in [3.8, 4) is 0 Å². The molecule has 1 N–H and O–H groups in total. The van der Waals surface area contributed by atoms with E-state index in [4.69, 9.17) is 4.55 Å². The van der Waals surface area contributed by atoms with Crippen molar-refractivity contribution in [2.45, 2.75) is 77.6 Å². The van der Waals surface area contributed by atoms with Crippen molar-refractivity contribution in [2.75, 3.05) is 33.8 Å². The van der Waals surface area contributed by atoms with Crippen molar-refractivity contribution < 1.29 is 34.0 Å². The molecule has 0 saturated heterocycles. The standard InChI is InChI=1S/C17H37NO4S.ClH/c1-4-5-6-7-8-9-10-11-12-13-15-18(2,3)16-14-17-22-23(19,20)21;/h4-17H2,1-3H3;1H. The topological polar surface area (TPSA) is 63.6 Å². The Balaban J connectivity index is 0. The Morgan fingerprint density at radius 2 is 1.21 bits per heavy atom. The summed E-state index contributed by atoms with van der Waals surface area (Å²) < 4.78 is 34.6. The van der Waals surface area contributed by atoms with Crippen LogP contribution in [0, 0.1) is 0 Å². The Morgan fingerprint density at radius 1 is 0.792 bits per heavy atom. The molecule has 0 aromatic carbocycles. The highest BCUT2D eigenvalue weighted by Gasteiger charge is 2.14. The Bertz CT molecular complexity index is 375. The van der Waals surface area contributed by atoms with Gasteiger partial charge in [-0.15, -0.1) is 0 Å². The molecule has 0 unspecified atom stereocenters. The summed E-state index contributed by atoms with van der Waals surface area (Å²) in [5.74, 6) is 0. The van der Waals surface area contributed by atoms with Crippen molar-refractivity contribution in [3.63, 3.8) is 0 Å². The van der Waals surface area contributed by atoms with E-state index in [0.717, 1.165) is 17.6 Å². The van der Waals surface area contributed by atoms with Crippen LogP contribution in [-0.4, -0.2) is 51.2 Å². The first-order valence-corrected chi connectivity index (χ1v) is 10.6. The van der Waals surface area contributed by atoms with E-state index in [1.807, 2.05) is 0 Å². The van der Waals surface area contributed by atoms with Crippen LogP contribution in [0.2, 0.25) is 0 Å². The van der Waals surface area contributed by atoms with Crippen LogP contribution in [0.25, 0.3) is 0 Å². The summed E-state index contributed by atoms with van der Waals surface area (Å²) in [6.45, 7) is 4.26. The van der Waals surface area contributed by atoms with Crippen LogP contribution in [0.1, 0.15) is 77.6 Å². The number of unbranched alkanes of at least 4 members (excludes halogenated alkanes) is 9. The molecule has 0 atom stereocenters. The molecule has 0 aromatic rings. The van der Waals surface area contributed by atoms with E-state index >= 15 is 0 Å². The van der Waals surface area contributed by atoms with Crippen molar-refractivity contribution in [3.05, 3.63) is 0 Å². The molecule has 0 aromatic heterocycles. The first kappa shape index (κ1) is 26.4. The highest BCUT2D eigenvalue weighted by molar-refractivity contribution is 7.80. The van der Waals surface area contributed by atoms with E-state index in [0.29, 0.717) is 6.42 Å². The van der Waals surface area contributed by atoms with Crippen LogP contribution < -0.4 is 12.4 Å². The minimum absolute atomic E-state index is 0. The Morgan fingerprint density at radius 3 is 1.67 bits per heavy atom. The van der Waals surface area contributed by atoms with Gasteiger partial charge in [-0.3, -0.25) is 4.55 Å². The monoisotopic (exact) mass is 387 g/mol. The van der Waals surface area contributed by atoms with Crippen molar-refractivity contribution >= 4 is 10.4 Å². The van der Waals surface area contributed by atoms with Gasteiger partial charge < -0.3 is 16.9 Å². The number of hydrogen-bond acceptors (Lipinski definition) is 3. The van der Waals surface area contributed by atoms with Gasteiger partial charge in [0.05, 0.1) is 33.8 Å². The normalized spacial score (nSPS) is 12.2. The predicted molar refractivity (Wildman–Crippen MR) is 95.8 cm³/mol. The minimum Gasteiger partial charge on any atom is -1.00 e. The second-order valence-corrected chi connectivity index (χ2v) is 8.26. The quantitative estimate of drug-likeness (QED) is 0.245. The third kappa shape index (κ3) is 20.2. The molecule has 0 fully saturated rings. The van der Waals surface area contributed by atoms with Gasteiger partial charge in [0.1, 0.15) is 0 Å². The van der Waals surface area contributed by atoms with Crippen LogP contribution in [0.4, 0.5) is 0 Å². The molecule has 7 heteroatoms. The number of quaternary nitrogens is 1. The molecule has 0 bridgehead atoms. The molecule has 0 aliphatic heterocycles. The average Bonchev–Trinajstić information content (AvgIpc) is 2.45. The fourth-order valence-electron chi connectivity index (χ4n) is 2.80. The zero-order chi connectivity index (χ0) is 17.6. The zero-order valence-electron chi connectivity index (χ0n) is 15.8. The first-order chi connectivity index (χ1) is 10.8. The lowest BCUT2D eigenvalue weighted by Crippen LogP contribution is -3.00. The first-order valence-electron chi connectivity index (χ1n) is 9.21. The summed E-state index contributed by atoms with van der Waals surface area (Å²) in [5, 5.41) is 0. The Labute approximate surface area is 156 Å². The van der Waals surface area contributed by atoms with Crippen LogP contribution in [0.3, 0.4) is 0 Å². The third-order valence-electron chi connectivity index (χ3n) is 4.26. The number of rotatable bonds is 16. The molecule has 0 aliphatic carbocycles. The van der Waals surface area contributed by atoms with Crippen molar-refractivity contribution in [1.29, 1.82) is 0 Å². The van der Waals surface area contributed by atoms with E-state index in [1.165, 1.54) is 64.2 Å².